The molecule has 0 aromatic rings. The molecule has 2 rings (SSSR count). The van der Waals surface area contributed by atoms with E-state index in [4.69, 9.17) is 0 Å². The van der Waals surface area contributed by atoms with Crippen LogP contribution in [0.4, 0.5) is 0 Å². The van der Waals surface area contributed by atoms with Crippen LogP contribution in [0.3, 0.4) is 0 Å². The second-order valence-electron chi connectivity index (χ2n) is 5.62. The van der Waals surface area contributed by atoms with Crippen molar-refractivity contribution in [2.24, 2.45) is 5.92 Å². The monoisotopic (exact) mass is 290 g/mol. The molecule has 2 saturated heterocycles. The van der Waals surface area contributed by atoms with E-state index in [0.29, 0.717) is 25.6 Å². The number of rotatable bonds is 6. The Hall–Kier alpha value is -0.210. The molecule has 0 radical (unpaired) electrons. The summed E-state index contributed by atoms with van der Waals surface area (Å²) >= 11 is 0. The number of nitrogens with zero attached hydrogens (tertiary/aromatic N) is 2. The summed E-state index contributed by atoms with van der Waals surface area (Å²) in [5, 5.41) is 3.16. The minimum absolute atomic E-state index is 0.357. The van der Waals surface area contributed by atoms with Crippen molar-refractivity contribution >= 4 is 10.2 Å². The lowest BCUT2D eigenvalue weighted by Gasteiger charge is -2.27. The van der Waals surface area contributed by atoms with Crippen LogP contribution in [-0.2, 0) is 10.2 Å². The highest BCUT2D eigenvalue weighted by molar-refractivity contribution is 7.87. The van der Waals surface area contributed by atoms with Gasteiger partial charge in [0.05, 0.1) is 0 Å². The fraction of sp³-hybridized carbons (Fsp3) is 1.00. The Labute approximate surface area is 116 Å². The number of hydrogen-bond acceptors (Lipinski definition) is 4. The highest BCUT2D eigenvalue weighted by Gasteiger charge is 2.24. The molecule has 2 heterocycles. The first kappa shape index (κ1) is 15.2. The van der Waals surface area contributed by atoms with Crippen molar-refractivity contribution in [1.29, 1.82) is 0 Å². The lowest BCUT2D eigenvalue weighted by Crippen LogP contribution is -2.51. The van der Waals surface area contributed by atoms with Crippen LogP contribution >= 0.6 is 0 Å². The zero-order valence-electron chi connectivity index (χ0n) is 11.8. The molecule has 0 aromatic carbocycles. The van der Waals surface area contributed by atoms with Gasteiger partial charge in [0, 0.05) is 39.3 Å². The molecule has 19 heavy (non-hydrogen) atoms. The van der Waals surface area contributed by atoms with Crippen molar-refractivity contribution in [2.45, 2.75) is 19.8 Å². The van der Waals surface area contributed by atoms with Gasteiger partial charge in [-0.2, -0.15) is 12.7 Å². The zero-order chi connectivity index (χ0) is 13.7. The zero-order valence-corrected chi connectivity index (χ0v) is 12.6. The van der Waals surface area contributed by atoms with Gasteiger partial charge >= 0.3 is 0 Å². The number of likely N-dealkylation sites (tertiary alicyclic amines) is 1. The van der Waals surface area contributed by atoms with Crippen molar-refractivity contribution in [3.8, 4) is 0 Å². The van der Waals surface area contributed by atoms with Crippen LogP contribution < -0.4 is 10.0 Å². The Morgan fingerprint density at radius 3 is 2.42 bits per heavy atom. The van der Waals surface area contributed by atoms with Crippen LogP contribution in [0.25, 0.3) is 0 Å². The van der Waals surface area contributed by atoms with Crippen LogP contribution in [0.1, 0.15) is 19.8 Å². The average molecular weight is 290 g/mol. The molecule has 0 bridgehead atoms. The van der Waals surface area contributed by atoms with Gasteiger partial charge < -0.3 is 10.2 Å². The molecule has 0 amide bonds. The normalized spacial score (nSPS) is 24.7. The summed E-state index contributed by atoms with van der Waals surface area (Å²) in [6.45, 7) is 8.56. The number of hydrogen-bond donors (Lipinski definition) is 2. The molecule has 2 fully saturated rings. The molecule has 7 heteroatoms. The quantitative estimate of drug-likeness (QED) is 0.689. The van der Waals surface area contributed by atoms with E-state index in [1.165, 1.54) is 17.1 Å². The molecule has 0 spiro atoms. The maximum atomic E-state index is 12.1. The summed E-state index contributed by atoms with van der Waals surface area (Å²) in [4.78, 5) is 2.42. The van der Waals surface area contributed by atoms with Crippen molar-refractivity contribution in [3.05, 3.63) is 0 Å². The molecule has 2 aliphatic heterocycles. The van der Waals surface area contributed by atoms with Gasteiger partial charge in [0.2, 0.25) is 0 Å². The topological polar surface area (TPSA) is 64.7 Å². The summed E-state index contributed by atoms with van der Waals surface area (Å²) in [6.07, 6.45) is 2.55. The predicted molar refractivity (Wildman–Crippen MR) is 76.2 cm³/mol. The average Bonchev–Trinajstić information content (AvgIpc) is 2.90. The van der Waals surface area contributed by atoms with Crippen LogP contribution in [0.15, 0.2) is 0 Å². The molecule has 2 N–H and O–H groups in total. The van der Waals surface area contributed by atoms with Gasteiger partial charge in [0.1, 0.15) is 0 Å². The molecular weight excluding hydrogens is 264 g/mol. The van der Waals surface area contributed by atoms with Crippen molar-refractivity contribution < 1.29 is 8.42 Å². The lowest BCUT2D eigenvalue weighted by atomic mass is 10.2. The summed E-state index contributed by atoms with van der Waals surface area (Å²) in [6, 6.07) is 0. The standard InChI is InChI=1S/C12H26N4O2S/c1-12(11-15-6-2-3-7-15)10-14-19(17,18)16-8-4-13-5-9-16/h12-14H,2-11H2,1H3. The summed E-state index contributed by atoms with van der Waals surface area (Å²) < 4.78 is 28.5. The van der Waals surface area contributed by atoms with E-state index in [1.807, 2.05) is 0 Å². The smallest absolute Gasteiger partial charge is 0.279 e. The lowest BCUT2D eigenvalue weighted by molar-refractivity contribution is 0.286. The summed E-state index contributed by atoms with van der Waals surface area (Å²) in [5.74, 6) is 0.357. The Bertz CT molecular complexity index is 362. The van der Waals surface area contributed by atoms with Crippen LogP contribution in [0.5, 0.6) is 0 Å². The second-order valence-corrected chi connectivity index (χ2v) is 7.37. The third-order valence-corrected chi connectivity index (χ3v) is 5.38. The first-order chi connectivity index (χ1) is 9.08. The Balaban J connectivity index is 1.73. The van der Waals surface area contributed by atoms with E-state index < -0.39 is 10.2 Å². The predicted octanol–water partition coefficient (Wildman–Crippen LogP) is -0.542. The van der Waals surface area contributed by atoms with Crippen molar-refractivity contribution in [1.82, 2.24) is 19.2 Å². The Kier molecular flexibility index (Phi) is 5.58. The largest absolute Gasteiger partial charge is 0.314 e. The van der Waals surface area contributed by atoms with Crippen LogP contribution in [0, 0.1) is 5.92 Å². The van der Waals surface area contributed by atoms with E-state index >= 15 is 0 Å². The van der Waals surface area contributed by atoms with E-state index in [0.717, 1.165) is 32.7 Å². The number of piperazine rings is 1. The van der Waals surface area contributed by atoms with Gasteiger partial charge in [-0.25, -0.2) is 4.72 Å². The van der Waals surface area contributed by atoms with E-state index in [-0.39, 0.29) is 0 Å². The maximum Gasteiger partial charge on any atom is 0.279 e. The minimum Gasteiger partial charge on any atom is -0.314 e. The van der Waals surface area contributed by atoms with Crippen molar-refractivity contribution in [3.63, 3.8) is 0 Å². The first-order valence-electron chi connectivity index (χ1n) is 7.26. The molecule has 0 saturated carbocycles. The highest BCUT2D eigenvalue weighted by Crippen LogP contribution is 2.10. The van der Waals surface area contributed by atoms with Gasteiger partial charge in [0.15, 0.2) is 0 Å². The highest BCUT2D eigenvalue weighted by atomic mass is 32.2. The summed E-state index contributed by atoms with van der Waals surface area (Å²) in [7, 11) is -3.29. The molecule has 0 aromatic heterocycles. The fourth-order valence-electron chi connectivity index (χ4n) is 2.69. The van der Waals surface area contributed by atoms with Gasteiger partial charge in [-0.1, -0.05) is 6.92 Å². The molecule has 0 aliphatic carbocycles. The molecule has 2 aliphatic rings. The molecule has 1 unspecified atom stereocenters. The second kappa shape index (κ2) is 6.99. The molecule has 1 atom stereocenters. The van der Waals surface area contributed by atoms with Gasteiger partial charge in [0.25, 0.3) is 10.2 Å². The fourth-order valence-corrected chi connectivity index (χ4v) is 4.04. The Morgan fingerprint density at radius 1 is 1.16 bits per heavy atom. The van der Waals surface area contributed by atoms with Gasteiger partial charge in [-0.15, -0.1) is 0 Å². The number of nitrogens with one attached hydrogen (secondary N) is 2. The van der Waals surface area contributed by atoms with Crippen LogP contribution in [-0.4, -0.2) is 70.0 Å². The van der Waals surface area contributed by atoms with Crippen LogP contribution in [0.2, 0.25) is 0 Å². The van der Waals surface area contributed by atoms with E-state index in [2.05, 4.69) is 21.9 Å². The Morgan fingerprint density at radius 2 is 1.79 bits per heavy atom. The minimum atomic E-state index is -3.29. The summed E-state index contributed by atoms with van der Waals surface area (Å²) in [5.41, 5.74) is 0. The SMILES string of the molecule is CC(CNS(=O)(=O)N1CCNCC1)CN1CCCC1. The van der Waals surface area contributed by atoms with Gasteiger partial charge in [-0.05, 0) is 31.8 Å². The molecule has 112 valence electrons. The van der Waals surface area contributed by atoms with Crippen molar-refractivity contribution in [2.75, 3.05) is 52.4 Å². The first-order valence-corrected chi connectivity index (χ1v) is 8.70. The molecular formula is C12H26N4O2S. The maximum absolute atomic E-state index is 12.1. The molecule has 6 nitrogen and oxygen atoms in total. The third kappa shape index (κ3) is 4.68. The third-order valence-electron chi connectivity index (χ3n) is 3.80. The van der Waals surface area contributed by atoms with E-state index in [9.17, 15) is 8.42 Å². The van der Waals surface area contributed by atoms with E-state index in [1.54, 1.807) is 0 Å². The van der Waals surface area contributed by atoms with Gasteiger partial charge in [-0.3, -0.25) is 0 Å².